The van der Waals surface area contributed by atoms with Crippen LogP contribution in [0, 0.1) is 5.82 Å². The first-order chi connectivity index (χ1) is 9.20. The standard InChI is InChI=1S/C13H14FN3O2/c14-10-3-1-4-11(9-10)17-7-5-12(16-17)13(19)15-6-2-8-18/h1,3-5,7,9,18H,2,6,8H2,(H,15,19). The molecular weight excluding hydrogens is 249 g/mol. The Labute approximate surface area is 109 Å². The quantitative estimate of drug-likeness (QED) is 0.794. The molecule has 0 aliphatic carbocycles. The molecule has 0 atom stereocenters. The minimum atomic E-state index is -0.359. The van der Waals surface area contributed by atoms with E-state index in [1.54, 1.807) is 24.4 Å². The maximum atomic E-state index is 13.1. The monoisotopic (exact) mass is 263 g/mol. The van der Waals surface area contributed by atoms with Crippen molar-refractivity contribution >= 4 is 5.91 Å². The van der Waals surface area contributed by atoms with Gasteiger partial charge in [-0.05, 0) is 30.7 Å². The highest BCUT2D eigenvalue weighted by Crippen LogP contribution is 2.09. The number of carbonyl (C=O) groups is 1. The number of hydrogen-bond acceptors (Lipinski definition) is 3. The van der Waals surface area contributed by atoms with Crippen molar-refractivity contribution in [3.05, 3.63) is 48.0 Å². The van der Waals surface area contributed by atoms with E-state index in [9.17, 15) is 9.18 Å². The number of hydrogen-bond donors (Lipinski definition) is 2. The van der Waals surface area contributed by atoms with Crippen molar-refractivity contribution in [3.63, 3.8) is 0 Å². The van der Waals surface area contributed by atoms with Gasteiger partial charge in [0.2, 0.25) is 0 Å². The van der Waals surface area contributed by atoms with Crippen LogP contribution in [0.4, 0.5) is 4.39 Å². The first-order valence-corrected chi connectivity index (χ1v) is 5.91. The molecule has 2 N–H and O–H groups in total. The Bertz CT molecular complexity index is 569. The number of carbonyl (C=O) groups excluding carboxylic acids is 1. The van der Waals surface area contributed by atoms with Crippen molar-refractivity contribution in [2.75, 3.05) is 13.2 Å². The molecule has 0 saturated heterocycles. The summed E-state index contributed by atoms with van der Waals surface area (Å²) in [6.45, 7) is 0.417. The Morgan fingerprint density at radius 3 is 3.00 bits per heavy atom. The highest BCUT2D eigenvalue weighted by molar-refractivity contribution is 5.92. The first kappa shape index (κ1) is 13.2. The van der Waals surface area contributed by atoms with Crippen molar-refractivity contribution in [1.82, 2.24) is 15.1 Å². The van der Waals surface area contributed by atoms with Crippen molar-refractivity contribution in [2.24, 2.45) is 0 Å². The van der Waals surface area contributed by atoms with Crippen LogP contribution in [0.25, 0.3) is 5.69 Å². The molecule has 5 nitrogen and oxygen atoms in total. The van der Waals surface area contributed by atoms with Crippen LogP contribution in [-0.4, -0.2) is 33.9 Å². The molecule has 19 heavy (non-hydrogen) atoms. The second kappa shape index (κ2) is 6.10. The Hall–Kier alpha value is -2.21. The molecule has 0 unspecified atom stereocenters. The number of amides is 1. The summed E-state index contributed by atoms with van der Waals surface area (Å²) in [5.74, 6) is -0.675. The molecule has 0 aliphatic heterocycles. The summed E-state index contributed by atoms with van der Waals surface area (Å²) in [5.41, 5.74) is 0.802. The minimum absolute atomic E-state index is 0.0258. The van der Waals surface area contributed by atoms with E-state index < -0.39 is 0 Å². The van der Waals surface area contributed by atoms with E-state index in [2.05, 4.69) is 10.4 Å². The smallest absolute Gasteiger partial charge is 0.271 e. The van der Waals surface area contributed by atoms with Gasteiger partial charge in [0.15, 0.2) is 5.69 Å². The molecule has 100 valence electrons. The van der Waals surface area contributed by atoms with E-state index in [4.69, 9.17) is 5.11 Å². The fourth-order valence-electron chi connectivity index (χ4n) is 1.58. The average molecular weight is 263 g/mol. The van der Waals surface area contributed by atoms with E-state index in [0.29, 0.717) is 18.7 Å². The number of halogens is 1. The molecule has 0 spiro atoms. The van der Waals surface area contributed by atoms with Gasteiger partial charge in [0.25, 0.3) is 5.91 Å². The molecule has 1 aromatic heterocycles. The number of benzene rings is 1. The number of aliphatic hydroxyl groups is 1. The van der Waals surface area contributed by atoms with Gasteiger partial charge in [-0.3, -0.25) is 4.79 Å². The predicted octanol–water partition coefficient (Wildman–Crippen LogP) is 1.12. The van der Waals surface area contributed by atoms with Gasteiger partial charge in [-0.2, -0.15) is 5.10 Å². The van der Waals surface area contributed by atoms with Crippen molar-refractivity contribution in [2.45, 2.75) is 6.42 Å². The molecule has 0 bridgehead atoms. The Morgan fingerprint density at radius 1 is 1.42 bits per heavy atom. The van der Waals surface area contributed by atoms with Crippen LogP contribution in [0.15, 0.2) is 36.5 Å². The molecule has 0 aliphatic rings. The van der Waals surface area contributed by atoms with Crippen LogP contribution in [0.5, 0.6) is 0 Å². The molecule has 1 amide bonds. The topological polar surface area (TPSA) is 67.2 Å². The lowest BCUT2D eigenvalue weighted by Gasteiger charge is -2.02. The SMILES string of the molecule is O=C(NCCCO)c1ccn(-c2cccc(F)c2)n1. The van der Waals surface area contributed by atoms with Crippen molar-refractivity contribution in [1.29, 1.82) is 0 Å². The van der Waals surface area contributed by atoms with Crippen LogP contribution >= 0.6 is 0 Å². The molecule has 0 radical (unpaired) electrons. The fraction of sp³-hybridized carbons (Fsp3) is 0.231. The van der Waals surface area contributed by atoms with E-state index in [-0.39, 0.29) is 24.0 Å². The van der Waals surface area contributed by atoms with Crippen LogP contribution in [-0.2, 0) is 0 Å². The molecule has 2 aromatic rings. The summed E-state index contributed by atoms with van der Waals surface area (Å²) in [6.07, 6.45) is 2.09. The second-order valence-corrected chi connectivity index (χ2v) is 3.96. The predicted molar refractivity (Wildman–Crippen MR) is 67.6 cm³/mol. The van der Waals surface area contributed by atoms with Gasteiger partial charge in [0, 0.05) is 19.3 Å². The summed E-state index contributed by atoms with van der Waals surface area (Å²) < 4.78 is 14.5. The van der Waals surface area contributed by atoms with Crippen LogP contribution in [0.2, 0.25) is 0 Å². The average Bonchev–Trinajstić information content (AvgIpc) is 2.88. The van der Waals surface area contributed by atoms with E-state index in [1.807, 2.05) is 0 Å². The zero-order valence-corrected chi connectivity index (χ0v) is 10.2. The highest BCUT2D eigenvalue weighted by atomic mass is 19.1. The number of rotatable bonds is 5. The Kier molecular flexibility index (Phi) is 4.25. The van der Waals surface area contributed by atoms with Crippen LogP contribution in [0.3, 0.4) is 0 Å². The molecule has 1 aromatic carbocycles. The van der Waals surface area contributed by atoms with Gasteiger partial charge in [-0.25, -0.2) is 9.07 Å². The van der Waals surface area contributed by atoms with Gasteiger partial charge in [0.1, 0.15) is 5.82 Å². The molecule has 0 saturated carbocycles. The van der Waals surface area contributed by atoms with Crippen molar-refractivity contribution in [3.8, 4) is 5.69 Å². The number of nitrogens with one attached hydrogen (secondary N) is 1. The molecule has 2 rings (SSSR count). The summed E-state index contributed by atoms with van der Waals surface area (Å²) in [6, 6.07) is 7.51. The fourth-order valence-corrected chi connectivity index (χ4v) is 1.58. The largest absolute Gasteiger partial charge is 0.396 e. The van der Waals surface area contributed by atoms with Gasteiger partial charge < -0.3 is 10.4 Å². The summed E-state index contributed by atoms with van der Waals surface area (Å²) in [4.78, 5) is 11.7. The lowest BCUT2D eigenvalue weighted by Crippen LogP contribution is -2.25. The second-order valence-electron chi connectivity index (χ2n) is 3.96. The molecule has 1 heterocycles. The zero-order valence-electron chi connectivity index (χ0n) is 10.2. The Balaban J connectivity index is 2.08. The van der Waals surface area contributed by atoms with Crippen molar-refractivity contribution < 1.29 is 14.3 Å². The third-order valence-electron chi connectivity index (χ3n) is 2.51. The lowest BCUT2D eigenvalue weighted by molar-refractivity contribution is 0.0945. The van der Waals surface area contributed by atoms with Gasteiger partial charge in [0.05, 0.1) is 5.69 Å². The molecule has 0 fully saturated rings. The maximum absolute atomic E-state index is 13.1. The number of aromatic nitrogens is 2. The van der Waals surface area contributed by atoms with E-state index >= 15 is 0 Å². The van der Waals surface area contributed by atoms with Gasteiger partial charge in [-0.15, -0.1) is 0 Å². The van der Waals surface area contributed by atoms with Crippen LogP contribution < -0.4 is 5.32 Å². The zero-order chi connectivity index (χ0) is 13.7. The molecule has 6 heteroatoms. The Morgan fingerprint density at radius 2 is 2.26 bits per heavy atom. The summed E-state index contributed by atoms with van der Waals surface area (Å²) in [7, 11) is 0. The highest BCUT2D eigenvalue weighted by Gasteiger charge is 2.09. The maximum Gasteiger partial charge on any atom is 0.271 e. The van der Waals surface area contributed by atoms with Gasteiger partial charge in [-0.1, -0.05) is 6.07 Å². The van der Waals surface area contributed by atoms with Crippen LogP contribution in [0.1, 0.15) is 16.9 Å². The summed E-state index contributed by atoms with van der Waals surface area (Å²) >= 11 is 0. The normalized spacial score (nSPS) is 10.4. The molecular formula is C13H14FN3O2. The minimum Gasteiger partial charge on any atom is -0.396 e. The third kappa shape index (κ3) is 3.38. The van der Waals surface area contributed by atoms with Gasteiger partial charge >= 0.3 is 0 Å². The number of aliphatic hydroxyl groups excluding tert-OH is 1. The first-order valence-electron chi connectivity index (χ1n) is 5.91. The third-order valence-corrected chi connectivity index (χ3v) is 2.51. The van der Waals surface area contributed by atoms with E-state index in [1.165, 1.54) is 16.8 Å². The van der Waals surface area contributed by atoms with E-state index in [0.717, 1.165) is 0 Å². The summed E-state index contributed by atoms with van der Waals surface area (Å²) in [5, 5.41) is 15.3. The lowest BCUT2D eigenvalue weighted by atomic mass is 10.3. The number of nitrogens with zero attached hydrogens (tertiary/aromatic N) is 2.